The second-order valence-corrected chi connectivity index (χ2v) is 5.48. The number of amides is 1. The van der Waals surface area contributed by atoms with Crippen LogP contribution in [0.1, 0.15) is 37.5 Å². The number of carbonyl (C=O) groups excluding carboxylic acids is 1. The Morgan fingerprint density at radius 3 is 2.86 bits per heavy atom. The van der Waals surface area contributed by atoms with Gasteiger partial charge in [-0.1, -0.05) is 6.07 Å². The molecule has 7 heteroatoms. The Morgan fingerprint density at radius 2 is 2.10 bits per heavy atom. The van der Waals surface area contributed by atoms with Gasteiger partial charge in [-0.2, -0.15) is 4.37 Å². The highest BCUT2D eigenvalue weighted by molar-refractivity contribution is 7.11. The zero-order chi connectivity index (χ0) is 15.0. The standard InChI is InChI=1S/C14H12N2O4S/c1-7-11(14(18)19)13(21-16-7)15-12(17)8-2-3-9-5-20-6-10(9)4-8/h2-4H,5-6H2,1H3,(H,15,17)(H,18,19). The molecule has 1 aromatic heterocycles. The third-order valence-corrected chi connectivity index (χ3v) is 4.14. The molecule has 0 radical (unpaired) electrons. The molecule has 0 aliphatic carbocycles. The summed E-state index contributed by atoms with van der Waals surface area (Å²) < 4.78 is 9.27. The van der Waals surface area contributed by atoms with Crippen molar-refractivity contribution in [2.45, 2.75) is 20.1 Å². The lowest BCUT2D eigenvalue weighted by Crippen LogP contribution is -2.14. The van der Waals surface area contributed by atoms with Gasteiger partial charge >= 0.3 is 5.97 Å². The van der Waals surface area contributed by atoms with Gasteiger partial charge in [-0.05, 0) is 41.7 Å². The Hall–Kier alpha value is -2.25. The number of hydrogen-bond acceptors (Lipinski definition) is 5. The summed E-state index contributed by atoms with van der Waals surface area (Å²) in [5.41, 5.74) is 2.97. The highest BCUT2D eigenvalue weighted by atomic mass is 32.1. The van der Waals surface area contributed by atoms with Crippen LogP contribution in [-0.4, -0.2) is 21.4 Å². The number of aromatic carboxylic acids is 1. The van der Waals surface area contributed by atoms with Crippen molar-refractivity contribution in [2.24, 2.45) is 0 Å². The fraction of sp³-hybridized carbons (Fsp3) is 0.214. The number of fused-ring (bicyclic) bond motifs is 1. The van der Waals surface area contributed by atoms with E-state index in [9.17, 15) is 9.59 Å². The topological polar surface area (TPSA) is 88.5 Å². The molecule has 1 aromatic carbocycles. The molecule has 2 aromatic rings. The fourth-order valence-corrected chi connectivity index (χ4v) is 2.98. The van der Waals surface area contributed by atoms with E-state index in [-0.39, 0.29) is 16.5 Å². The van der Waals surface area contributed by atoms with Gasteiger partial charge in [0.05, 0.1) is 18.9 Å². The number of nitrogens with one attached hydrogen (secondary N) is 1. The first-order chi connectivity index (χ1) is 10.1. The molecule has 0 fully saturated rings. The summed E-state index contributed by atoms with van der Waals surface area (Å²) >= 11 is 0.965. The first-order valence-electron chi connectivity index (χ1n) is 6.26. The Kier molecular flexibility index (Phi) is 3.44. The van der Waals surface area contributed by atoms with Crippen LogP contribution >= 0.6 is 11.5 Å². The van der Waals surface area contributed by atoms with E-state index in [0.717, 1.165) is 22.7 Å². The summed E-state index contributed by atoms with van der Waals surface area (Å²) in [7, 11) is 0. The average molecular weight is 304 g/mol. The first kappa shape index (κ1) is 13.7. The highest BCUT2D eigenvalue weighted by Crippen LogP contribution is 2.26. The van der Waals surface area contributed by atoms with Crippen molar-refractivity contribution in [3.05, 3.63) is 46.1 Å². The van der Waals surface area contributed by atoms with E-state index in [1.807, 2.05) is 6.07 Å². The van der Waals surface area contributed by atoms with Crippen molar-refractivity contribution in [1.82, 2.24) is 4.37 Å². The third-order valence-electron chi connectivity index (χ3n) is 3.29. The number of aryl methyl sites for hydroxylation is 1. The zero-order valence-electron chi connectivity index (χ0n) is 11.2. The Balaban J connectivity index is 1.85. The molecule has 3 rings (SSSR count). The molecule has 21 heavy (non-hydrogen) atoms. The van der Waals surface area contributed by atoms with E-state index >= 15 is 0 Å². The number of aromatic nitrogens is 1. The molecular weight excluding hydrogens is 292 g/mol. The normalized spacial score (nSPS) is 13.0. The van der Waals surface area contributed by atoms with Gasteiger partial charge in [0, 0.05) is 5.56 Å². The van der Waals surface area contributed by atoms with Crippen molar-refractivity contribution in [3.63, 3.8) is 0 Å². The van der Waals surface area contributed by atoms with Gasteiger partial charge in [-0.15, -0.1) is 0 Å². The van der Waals surface area contributed by atoms with Crippen molar-refractivity contribution in [2.75, 3.05) is 5.32 Å². The van der Waals surface area contributed by atoms with Gasteiger partial charge in [-0.3, -0.25) is 4.79 Å². The lowest BCUT2D eigenvalue weighted by molar-refractivity contribution is 0.0697. The van der Waals surface area contributed by atoms with Gasteiger partial charge in [0.1, 0.15) is 10.6 Å². The van der Waals surface area contributed by atoms with Gasteiger partial charge in [-0.25, -0.2) is 4.79 Å². The van der Waals surface area contributed by atoms with E-state index < -0.39 is 5.97 Å². The van der Waals surface area contributed by atoms with E-state index in [1.54, 1.807) is 19.1 Å². The largest absolute Gasteiger partial charge is 0.478 e. The molecule has 108 valence electrons. The third kappa shape index (κ3) is 2.53. The highest BCUT2D eigenvalue weighted by Gasteiger charge is 2.20. The predicted octanol–water partition coefficient (Wildman–Crippen LogP) is 2.43. The van der Waals surface area contributed by atoms with Crippen molar-refractivity contribution < 1.29 is 19.4 Å². The number of benzene rings is 1. The van der Waals surface area contributed by atoms with Gasteiger partial charge in [0.2, 0.25) is 0 Å². The van der Waals surface area contributed by atoms with E-state index in [4.69, 9.17) is 9.84 Å². The summed E-state index contributed by atoms with van der Waals surface area (Å²) in [5.74, 6) is -1.45. The number of carboxylic acids is 1. The summed E-state index contributed by atoms with van der Waals surface area (Å²) in [6.45, 7) is 2.66. The van der Waals surface area contributed by atoms with E-state index in [2.05, 4.69) is 9.69 Å². The Labute approximate surface area is 124 Å². The second-order valence-electron chi connectivity index (χ2n) is 4.71. The predicted molar refractivity (Wildman–Crippen MR) is 76.7 cm³/mol. The molecule has 2 N–H and O–H groups in total. The van der Waals surface area contributed by atoms with Crippen LogP contribution in [0.5, 0.6) is 0 Å². The van der Waals surface area contributed by atoms with Crippen LogP contribution in [0, 0.1) is 6.92 Å². The fourth-order valence-electron chi connectivity index (χ4n) is 2.20. The maximum absolute atomic E-state index is 12.2. The number of hydrogen-bond donors (Lipinski definition) is 2. The van der Waals surface area contributed by atoms with Crippen LogP contribution in [-0.2, 0) is 18.0 Å². The van der Waals surface area contributed by atoms with Gasteiger partial charge < -0.3 is 15.2 Å². The molecule has 0 bridgehead atoms. The monoisotopic (exact) mass is 304 g/mol. The summed E-state index contributed by atoms with van der Waals surface area (Å²) in [6.07, 6.45) is 0. The summed E-state index contributed by atoms with van der Waals surface area (Å²) in [5, 5.41) is 12.0. The lowest BCUT2D eigenvalue weighted by atomic mass is 10.1. The van der Waals surface area contributed by atoms with Crippen molar-refractivity contribution >= 4 is 28.4 Å². The number of nitrogens with zero attached hydrogens (tertiary/aromatic N) is 1. The average Bonchev–Trinajstić information content (AvgIpc) is 3.04. The van der Waals surface area contributed by atoms with Crippen LogP contribution in [0.15, 0.2) is 18.2 Å². The molecule has 6 nitrogen and oxygen atoms in total. The van der Waals surface area contributed by atoms with Crippen LogP contribution in [0.3, 0.4) is 0 Å². The van der Waals surface area contributed by atoms with Crippen LogP contribution in [0.2, 0.25) is 0 Å². The van der Waals surface area contributed by atoms with Gasteiger partial charge in [0.25, 0.3) is 5.91 Å². The minimum Gasteiger partial charge on any atom is -0.478 e. The lowest BCUT2D eigenvalue weighted by Gasteiger charge is -2.05. The molecule has 1 aliphatic heterocycles. The summed E-state index contributed by atoms with van der Waals surface area (Å²) in [4.78, 5) is 23.4. The van der Waals surface area contributed by atoms with Crippen molar-refractivity contribution in [3.8, 4) is 0 Å². The zero-order valence-corrected chi connectivity index (χ0v) is 12.0. The molecular formula is C14H12N2O4S. The van der Waals surface area contributed by atoms with E-state index in [0.29, 0.717) is 24.5 Å². The van der Waals surface area contributed by atoms with Crippen LogP contribution < -0.4 is 5.32 Å². The van der Waals surface area contributed by atoms with E-state index in [1.165, 1.54) is 0 Å². The smallest absolute Gasteiger partial charge is 0.340 e. The number of rotatable bonds is 3. The minimum absolute atomic E-state index is 0.0397. The number of anilines is 1. The molecule has 2 heterocycles. The maximum atomic E-state index is 12.2. The molecule has 0 atom stereocenters. The Morgan fingerprint density at radius 1 is 1.33 bits per heavy atom. The second kappa shape index (κ2) is 5.27. The number of ether oxygens (including phenoxy) is 1. The molecule has 1 amide bonds. The molecule has 0 saturated heterocycles. The van der Waals surface area contributed by atoms with Gasteiger partial charge in [0.15, 0.2) is 0 Å². The first-order valence-corrected chi connectivity index (χ1v) is 7.04. The van der Waals surface area contributed by atoms with Crippen molar-refractivity contribution in [1.29, 1.82) is 0 Å². The summed E-state index contributed by atoms with van der Waals surface area (Å²) in [6, 6.07) is 5.33. The SMILES string of the molecule is Cc1nsc(NC(=O)c2ccc3c(c2)COC3)c1C(=O)O. The maximum Gasteiger partial charge on any atom is 0.340 e. The molecule has 0 unspecified atom stereocenters. The quantitative estimate of drug-likeness (QED) is 0.909. The molecule has 0 saturated carbocycles. The minimum atomic E-state index is -1.10. The number of carbonyl (C=O) groups is 2. The van der Waals surface area contributed by atoms with Crippen LogP contribution in [0.4, 0.5) is 5.00 Å². The molecule has 1 aliphatic rings. The van der Waals surface area contributed by atoms with Crippen LogP contribution in [0.25, 0.3) is 0 Å². The number of carboxylic acid groups (broad SMARTS) is 1. The molecule has 0 spiro atoms. The Bertz CT molecular complexity index is 739.